The fourth-order valence-electron chi connectivity index (χ4n) is 1.99. The molecule has 0 heterocycles. The average molecular weight is 502 g/mol. The Hall–Kier alpha value is -0.540. The Bertz CT molecular complexity index is 655. The van der Waals surface area contributed by atoms with Gasteiger partial charge in [0, 0.05) is 25.2 Å². The number of halogens is 2. The zero-order valence-corrected chi connectivity index (χ0v) is 19.4. The van der Waals surface area contributed by atoms with Crippen LogP contribution in [0, 0.1) is 0 Å². The number of rotatable bonds is 6. The minimum atomic E-state index is -3.17. The highest BCUT2D eigenvalue weighted by Crippen LogP contribution is 2.15. The lowest BCUT2D eigenvalue weighted by Crippen LogP contribution is -2.39. The number of nitrogens with one attached hydrogen (secondary N) is 1. The van der Waals surface area contributed by atoms with E-state index in [0.717, 1.165) is 12.1 Å². The van der Waals surface area contributed by atoms with Crippen LogP contribution in [0.15, 0.2) is 29.3 Å². The molecule has 1 N–H and O–H groups in total. The quantitative estimate of drug-likeness (QED) is 0.368. The van der Waals surface area contributed by atoms with Gasteiger partial charge < -0.3 is 10.2 Å². The van der Waals surface area contributed by atoms with Gasteiger partial charge in [0.2, 0.25) is 0 Å². The SMILES string of the molecule is CCNC(=NCCS(=O)(=O)C(C)(C)C)N(C)Cc1ccc(Cl)cc1.I. The normalized spacial score (nSPS) is 12.5. The molecule has 0 atom stereocenters. The molecule has 0 bridgehead atoms. The Morgan fingerprint density at radius 2 is 1.80 bits per heavy atom. The van der Waals surface area contributed by atoms with Crippen LogP contribution in [0.1, 0.15) is 33.3 Å². The van der Waals surface area contributed by atoms with Crippen LogP contribution in [-0.4, -0.2) is 49.9 Å². The van der Waals surface area contributed by atoms with Crippen LogP contribution >= 0.6 is 35.6 Å². The van der Waals surface area contributed by atoms with E-state index in [1.165, 1.54) is 0 Å². The molecule has 0 aliphatic rings. The van der Waals surface area contributed by atoms with Crippen molar-refractivity contribution in [3.8, 4) is 0 Å². The van der Waals surface area contributed by atoms with Crippen molar-refractivity contribution in [3.63, 3.8) is 0 Å². The number of aliphatic imine (C=N–C) groups is 1. The second-order valence-corrected chi connectivity index (χ2v) is 9.95. The van der Waals surface area contributed by atoms with Gasteiger partial charge in [-0.3, -0.25) is 4.99 Å². The van der Waals surface area contributed by atoms with E-state index in [1.54, 1.807) is 20.8 Å². The predicted molar refractivity (Wildman–Crippen MR) is 118 cm³/mol. The van der Waals surface area contributed by atoms with E-state index in [1.807, 2.05) is 43.1 Å². The van der Waals surface area contributed by atoms with Crippen LogP contribution in [-0.2, 0) is 16.4 Å². The van der Waals surface area contributed by atoms with Crippen LogP contribution < -0.4 is 5.32 Å². The molecule has 0 fully saturated rings. The first-order chi connectivity index (χ1) is 11.1. The largest absolute Gasteiger partial charge is 0.357 e. The Balaban J connectivity index is 0.00000576. The fourth-order valence-corrected chi connectivity index (χ4v) is 3.06. The van der Waals surface area contributed by atoms with Gasteiger partial charge in [0.1, 0.15) is 0 Å². The summed E-state index contributed by atoms with van der Waals surface area (Å²) in [5, 5.41) is 3.90. The zero-order chi connectivity index (χ0) is 18.4. The molecule has 0 spiro atoms. The van der Waals surface area contributed by atoms with Gasteiger partial charge in [0.05, 0.1) is 17.0 Å². The highest BCUT2D eigenvalue weighted by Gasteiger charge is 2.28. The third-order valence-electron chi connectivity index (χ3n) is 3.58. The maximum absolute atomic E-state index is 12.2. The first kappa shape index (κ1) is 24.5. The van der Waals surface area contributed by atoms with Gasteiger partial charge in [0.15, 0.2) is 15.8 Å². The van der Waals surface area contributed by atoms with Gasteiger partial charge in [-0.05, 0) is 45.4 Å². The van der Waals surface area contributed by atoms with Gasteiger partial charge in [-0.25, -0.2) is 8.42 Å². The van der Waals surface area contributed by atoms with Crippen molar-refractivity contribution in [1.29, 1.82) is 0 Å². The van der Waals surface area contributed by atoms with E-state index < -0.39 is 14.6 Å². The van der Waals surface area contributed by atoms with Crippen molar-refractivity contribution < 1.29 is 8.42 Å². The second kappa shape index (κ2) is 10.6. The van der Waals surface area contributed by atoms with Crippen molar-refractivity contribution >= 4 is 51.4 Å². The number of guanidine groups is 1. The molecule has 0 amide bonds. The third kappa shape index (κ3) is 8.13. The summed E-state index contributed by atoms with van der Waals surface area (Å²) in [6.45, 7) is 8.74. The van der Waals surface area contributed by atoms with Gasteiger partial charge in [-0.2, -0.15) is 0 Å². The van der Waals surface area contributed by atoms with E-state index in [2.05, 4.69) is 10.3 Å². The van der Waals surface area contributed by atoms with Crippen molar-refractivity contribution in [2.45, 2.75) is 39.0 Å². The lowest BCUT2D eigenvalue weighted by Gasteiger charge is -2.23. The Kier molecular flexibility index (Phi) is 10.3. The molecule has 8 heteroatoms. The van der Waals surface area contributed by atoms with Gasteiger partial charge >= 0.3 is 0 Å². The second-order valence-electron chi connectivity index (χ2n) is 6.65. The number of benzene rings is 1. The summed E-state index contributed by atoms with van der Waals surface area (Å²) < 4.78 is 23.6. The molecule has 0 aliphatic carbocycles. The first-order valence-electron chi connectivity index (χ1n) is 8.03. The summed E-state index contributed by atoms with van der Waals surface area (Å²) in [6, 6.07) is 7.63. The summed E-state index contributed by atoms with van der Waals surface area (Å²) in [7, 11) is -1.24. The lowest BCUT2D eigenvalue weighted by atomic mass is 10.2. The van der Waals surface area contributed by atoms with Crippen LogP contribution in [0.4, 0.5) is 0 Å². The minimum Gasteiger partial charge on any atom is -0.357 e. The molecule has 0 aliphatic heterocycles. The van der Waals surface area contributed by atoms with E-state index in [4.69, 9.17) is 11.6 Å². The summed E-state index contributed by atoms with van der Waals surface area (Å²) in [5.74, 6) is 0.733. The van der Waals surface area contributed by atoms with Crippen molar-refractivity contribution in [1.82, 2.24) is 10.2 Å². The molecular formula is C17H29ClIN3O2S. The fraction of sp³-hybridized carbons (Fsp3) is 0.588. The molecular weight excluding hydrogens is 473 g/mol. The molecule has 0 saturated carbocycles. The molecule has 0 saturated heterocycles. The number of hydrogen-bond acceptors (Lipinski definition) is 3. The summed E-state index contributed by atoms with van der Waals surface area (Å²) >= 11 is 5.90. The van der Waals surface area contributed by atoms with Crippen LogP contribution in [0.2, 0.25) is 5.02 Å². The van der Waals surface area contributed by atoms with Crippen LogP contribution in [0.3, 0.4) is 0 Å². The molecule has 1 rings (SSSR count). The average Bonchev–Trinajstić information content (AvgIpc) is 2.47. The van der Waals surface area contributed by atoms with E-state index in [0.29, 0.717) is 17.5 Å². The van der Waals surface area contributed by atoms with E-state index in [9.17, 15) is 8.42 Å². The minimum absolute atomic E-state index is 0. The maximum atomic E-state index is 12.2. The Labute approximate surface area is 174 Å². The van der Waals surface area contributed by atoms with Crippen LogP contribution in [0.5, 0.6) is 0 Å². The molecule has 5 nitrogen and oxygen atoms in total. The van der Waals surface area contributed by atoms with Gasteiger partial charge in [-0.1, -0.05) is 23.7 Å². The van der Waals surface area contributed by atoms with Crippen molar-refractivity contribution in [2.75, 3.05) is 25.9 Å². The maximum Gasteiger partial charge on any atom is 0.193 e. The number of hydrogen-bond donors (Lipinski definition) is 1. The molecule has 1 aromatic carbocycles. The molecule has 0 radical (unpaired) electrons. The highest BCUT2D eigenvalue weighted by atomic mass is 127. The molecule has 144 valence electrons. The topological polar surface area (TPSA) is 61.8 Å². The summed E-state index contributed by atoms with van der Waals surface area (Å²) in [6.07, 6.45) is 0. The van der Waals surface area contributed by atoms with E-state index >= 15 is 0 Å². The molecule has 25 heavy (non-hydrogen) atoms. The standard InChI is InChI=1S/C17H28ClN3O2S.HI/c1-6-19-16(20-11-12-24(22,23)17(2,3)4)21(5)13-14-7-9-15(18)10-8-14;/h7-10H,6,11-13H2,1-5H3,(H,19,20);1H. The van der Waals surface area contributed by atoms with Gasteiger partial charge in [-0.15, -0.1) is 24.0 Å². The molecule has 0 unspecified atom stereocenters. The number of sulfone groups is 1. The van der Waals surface area contributed by atoms with Gasteiger partial charge in [0.25, 0.3) is 0 Å². The summed E-state index contributed by atoms with van der Waals surface area (Å²) in [5.41, 5.74) is 1.11. The lowest BCUT2D eigenvalue weighted by molar-refractivity contribution is 0.477. The third-order valence-corrected chi connectivity index (χ3v) is 6.42. The molecule has 0 aromatic heterocycles. The Morgan fingerprint density at radius 3 is 2.28 bits per heavy atom. The van der Waals surface area contributed by atoms with Crippen LogP contribution in [0.25, 0.3) is 0 Å². The number of nitrogens with zero attached hydrogens (tertiary/aromatic N) is 2. The smallest absolute Gasteiger partial charge is 0.193 e. The predicted octanol–water partition coefficient (Wildman–Crippen LogP) is 3.57. The Morgan fingerprint density at radius 1 is 1.24 bits per heavy atom. The monoisotopic (exact) mass is 501 g/mol. The van der Waals surface area contributed by atoms with E-state index in [-0.39, 0.29) is 36.3 Å². The van der Waals surface area contributed by atoms with Crippen molar-refractivity contribution in [2.24, 2.45) is 4.99 Å². The summed E-state index contributed by atoms with van der Waals surface area (Å²) in [4.78, 5) is 6.42. The molecule has 1 aromatic rings. The first-order valence-corrected chi connectivity index (χ1v) is 10.1. The highest BCUT2D eigenvalue weighted by molar-refractivity contribution is 14.0. The zero-order valence-electron chi connectivity index (χ0n) is 15.5. The van der Waals surface area contributed by atoms with Crippen molar-refractivity contribution in [3.05, 3.63) is 34.9 Å².